The third-order valence-corrected chi connectivity index (χ3v) is 4.36. The first-order valence-electron chi connectivity index (χ1n) is 7.25. The Morgan fingerprint density at radius 2 is 1.94 bits per heavy atom. The zero-order valence-corrected chi connectivity index (χ0v) is 11.6. The fourth-order valence-electron chi connectivity index (χ4n) is 3.31. The van der Waals surface area contributed by atoms with E-state index in [9.17, 15) is 4.79 Å². The predicted octanol–water partition coefficient (Wildman–Crippen LogP) is 0.994. The van der Waals surface area contributed by atoms with Crippen LogP contribution in [0.3, 0.4) is 0 Å². The van der Waals surface area contributed by atoms with Crippen LogP contribution in [-0.4, -0.2) is 47.7 Å². The maximum absolute atomic E-state index is 12.4. The van der Waals surface area contributed by atoms with Crippen LogP contribution in [0.5, 0.6) is 0 Å². The fraction of sp³-hybridized carbons (Fsp3) is 0.929. The van der Waals surface area contributed by atoms with Gasteiger partial charge in [0.05, 0.1) is 6.04 Å². The highest BCUT2D eigenvalue weighted by Gasteiger charge is 2.32. The minimum absolute atomic E-state index is 0.00873. The minimum atomic E-state index is 0.00873. The number of nitrogens with one attached hydrogen (secondary N) is 1. The molecule has 0 aromatic heterocycles. The van der Waals surface area contributed by atoms with Crippen LogP contribution in [0.4, 0.5) is 0 Å². The molecule has 2 aliphatic rings. The van der Waals surface area contributed by atoms with Crippen molar-refractivity contribution in [3.8, 4) is 0 Å². The molecule has 3 atom stereocenters. The van der Waals surface area contributed by atoms with Gasteiger partial charge in [0.1, 0.15) is 0 Å². The van der Waals surface area contributed by atoms with Crippen LogP contribution in [0, 0.1) is 11.8 Å². The van der Waals surface area contributed by atoms with Gasteiger partial charge in [-0.2, -0.15) is 0 Å². The van der Waals surface area contributed by atoms with E-state index in [1.54, 1.807) is 0 Å². The predicted molar refractivity (Wildman–Crippen MR) is 71.2 cm³/mol. The lowest BCUT2D eigenvalue weighted by atomic mass is 9.88. The van der Waals surface area contributed by atoms with Crippen LogP contribution in [0.15, 0.2) is 0 Å². The van der Waals surface area contributed by atoms with E-state index in [2.05, 4.69) is 19.2 Å². The molecule has 2 aliphatic heterocycles. The van der Waals surface area contributed by atoms with E-state index in [-0.39, 0.29) is 18.6 Å². The van der Waals surface area contributed by atoms with Gasteiger partial charge < -0.3 is 15.3 Å². The fourth-order valence-corrected chi connectivity index (χ4v) is 3.31. The van der Waals surface area contributed by atoms with Crippen molar-refractivity contribution in [3.05, 3.63) is 0 Å². The number of carbonyl (C=O) groups excluding carboxylic acids is 1. The molecule has 0 spiro atoms. The summed E-state index contributed by atoms with van der Waals surface area (Å²) in [7, 11) is 0. The summed E-state index contributed by atoms with van der Waals surface area (Å²) in [5.41, 5.74) is 0. The summed E-state index contributed by atoms with van der Waals surface area (Å²) in [6.07, 6.45) is 4.01. The van der Waals surface area contributed by atoms with Crippen molar-refractivity contribution in [2.75, 3.05) is 19.7 Å². The molecule has 0 saturated carbocycles. The Balaban J connectivity index is 1.87. The summed E-state index contributed by atoms with van der Waals surface area (Å²) in [5, 5.41) is 12.5. The topological polar surface area (TPSA) is 52.6 Å². The van der Waals surface area contributed by atoms with Gasteiger partial charge in [0.15, 0.2) is 0 Å². The maximum Gasteiger partial charge on any atom is 0.239 e. The number of hydrogen-bond donors (Lipinski definition) is 2. The maximum atomic E-state index is 12.4. The van der Waals surface area contributed by atoms with Gasteiger partial charge in [-0.3, -0.25) is 4.79 Å². The second-order valence-corrected chi connectivity index (χ2v) is 6.15. The Morgan fingerprint density at radius 1 is 1.28 bits per heavy atom. The molecule has 18 heavy (non-hydrogen) atoms. The monoisotopic (exact) mass is 254 g/mol. The van der Waals surface area contributed by atoms with Gasteiger partial charge in [-0.25, -0.2) is 0 Å². The molecule has 4 nitrogen and oxygen atoms in total. The number of carbonyl (C=O) groups is 1. The van der Waals surface area contributed by atoms with Gasteiger partial charge in [0.25, 0.3) is 0 Å². The van der Waals surface area contributed by atoms with Crippen molar-refractivity contribution >= 4 is 5.91 Å². The minimum Gasteiger partial charge on any atom is -0.396 e. The van der Waals surface area contributed by atoms with Crippen molar-refractivity contribution in [1.29, 1.82) is 0 Å². The Morgan fingerprint density at radius 3 is 2.50 bits per heavy atom. The standard InChI is InChI=1S/C14H26N2O2/c1-10-7-11(2)15-13(8-10)14(18)16-5-3-12(9-17)4-6-16/h10-13,15,17H,3-9H2,1-2H3. The Hall–Kier alpha value is -0.610. The molecule has 2 fully saturated rings. The summed E-state index contributed by atoms with van der Waals surface area (Å²) in [4.78, 5) is 14.4. The van der Waals surface area contributed by atoms with E-state index < -0.39 is 0 Å². The highest BCUT2D eigenvalue weighted by molar-refractivity contribution is 5.82. The summed E-state index contributed by atoms with van der Waals surface area (Å²) in [5.74, 6) is 1.29. The molecule has 4 heteroatoms. The smallest absolute Gasteiger partial charge is 0.239 e. The third-order valence-electron chi connectivity index (χ3n) is 4.36. The van der Waals surface area contributed by atoms with Gasteiger partial charge >= 0.3 is 0 Å². The first-order valence-corrected chi connectivity index (χ1v) is 7.25. The molecule has 2 saturated heterocycles. The number of aliphatic hydroxyl groups excluding tert-OH is 1. The van der Waals surface area contributed by atoms with Crippen LogP contribution in [0.25, 0.3) is 0 Å². The second kappa shape index (κ2) is 6.02. The molecule has 1 amide bonds. The molecule has 0 aliphatic carbocycles. The van der Waals surface area contributed by atoms with E-state index in [1.807, 2.05) is 4.90 Å². The van der Waals surface area contributed by atoms with Gasteiger partial charge in [0.2, 0.25) is 5.91 Å². The summed E-state index contributed by atoms with van der Waals surface area (Å²) in [6, 6.07) is 0.451. The van der Waals surface area contributed by atoms with Crippen LogP contribution in [0.1, 0.15) is 39.5 Å². The lowest BCUT2D eigenvalue weighted by molar-refractivity contribution is -0.136. The van der Waals surface area contributed by atoms with Crippen molar-refractivity contribution in [3.63, 3.8) is 0 Å². The quantitative estimate of drug-likeness (QED) is 0.773. The van der Waals surface area contributed by atoms with E-state index in [1.165, 1.54) is 0 Å². The van der Waals surface area contributed by atoms with Crippen molar-refractivity contribution in [2.24, 2.45) is 11.8 Å². The number of nitrogens with zero attached hydrogens (tertiary/aromatic N) is 1. The molecule has 0 radical (unpaired) electrons. The van der Waals surface area contributed by atoms with Crippen molar-refractivity contribution in [2.45, 2.75) is 51.6 Å². The highest BCUT2D eigenvalue weighted by atomic mass is 16.3. The Bertz CT molecular complexity index is 278. The molecule has 2 rings (SSSR count). The first kappa shape index (κ1) is 13.8. The largest absolute Gasteiger partial charge is 0.396 e. The molecule has 3 unspecified atom stereocenters. The van der Waals surface area contributed by atoms with E-state index in [4.69, 9.17) is 5.11 Å². The first-order chi connectivity index (χ1) is 8.60. The molecule has 0 aromatic rings. The highest BCUT2D eigenvalue weighted by Crippen LogP contribution is 2.23. The summed E-state index contributed by atoms with van der Waals surface area (Å²) in [6.45, 7) is 6.28. The number of aliphatic hydroxyl groups is 1. The lowest BCUT2D eigenvalue weighted by Gasteiger charge is -2.38. The Labute approximate surface area is 110 Å². The van der Waals surface area contributed by atoms with Crippen molar-refractivity contribution in [1.82, 2.24) is 10.2 Å². The molecule has 2 heterocycles. The van der Waals surface area contributed by atoms with Gasteiger partial charge in [-0.1, -0.05) is 6.92 Å². The molecule has 0 bridgehead atoms. The van der Waals surface area contributed by atoms with Crippen LogP contribution in [0.2, 0.25) is 0 Å². The molecule has 2 N–H and O–H groups in total. The second-order valence-electron chi connectivity index (χ2n) is 6.15. The van der Waals surface area contributed by atoms with Crippen LogP contribution in [-0.2, 0) is 4.79 Å². The molecule has 104 valence electrons. The number of piperidine rings is 2. The zero-order valence-electron chi connectivity index (χ0n) is 11.6. The number of likely N-dealkylation sites (tertiary alicyclic amines) is 1. The van der Waals surface area contributed by atoms with Gasteiger partial charge in [-0.05, 0) is 44.4 Å². The summed E-state index contributed by atoms with van der Waals surface area (Å²) >= 11 is 0. The van der Waals surface area contributed by atoms with E-state index in [0.29, 0.717) is 17.9 Å². The van der Waals surface area contributed by atoms with Crippen LogP contribution >= 0.6 is 0 Å². The molecule has 0 aromatic carbocycles. The average Bonchev–Trinajstić information content (AvgIpc) is 2.37. The lowest BCUT2D eigenvalue weighted by Crippen LogP contribution is -2.54. The molecular formula is C14H26N2O2. The third kappa shape index (κ3) is 3.23. The zero-order chi connectivity index (χ0) is 13.1. The average molecular weight is 254 g/mol. The number of rotatable bonds is 2. The number of hydrogen-bond acceptors (Lipinski definition) is 3. The van der Waals surface area contributed by atoms with Crippen LogP contribution < -0.4 is 5.32 Å². The normalized spacial score (nSPS) is 34.6. The van der Waals surface area contributed by atoms with Gasteiger partial charge in [-0.15, -0.1) is 0 Å². The summed E-state index contributed by atoms with van der Waals surface area (Å²) < 4.78 is 0. The Kier molecular flexibility index (Phi) is 4.62. The van der Waals surface area contributed by atoms with Crippen molar-refractivity contribution < 1.29 is 9.90 Å². The van der Waals surface area contributed by atoms with E-state index >= 15 is 0 Å². The van der Waals surface area contributed by atoms with E-state index in [0.717, 1.165) is 38.8 Å². The van der Waals surface area contributed by atoms with Gasteiger partial charge in [0, 0.05) is 25.7 Å². The number of amides is 1. The molecular weight excluding hydrogens is 228 g/mol. The SMILES string of the molecule is CC1CC(C)NC(C(=O)N2CCC(CO)CC2)C1.